The van der Waals surface area contributed by atoms with Crippen molar-refractivity contribution in [3.05, 3.63) is 96.1 Å². The van der Waals surface area contributed by atoms with Crippen LogP contribution in [0.25, 0.3) is 21.5 Å². The SMILES string of the molecule is CC[C@H](C)CNC(=O)C[C@@H](O)[C@H](CC(C)C)NC(=O)[C@H](NC(C)=O)NC(=O)C(Cc1cccc2ccccc12)Cc1cccc2ccccc12. The highest BCUT2D eigenvalue weighted by Gasteiger charge is 2.31. The number of hydrogen-bond acceptors (Lipinski definition) is 5. The van der Waals surface area contributed by atoms with Crippen LogP contribution in [0.3, 0.4) is 0 Å². The van der Waals surface area contributed by atoms with Crippen LogP contribution >= 0.6 is 0 Å². The summed E-state index contributed by atoms with van der Waals surface area (Å²) in [6.07, 6.45) is -0.673. The van der Waals surface area contributed by atoms with Crippen LogP contribution in [-0.4, -0.2) is 53.6 Å². The summed E-state index contributed by atoms with van der Waals surface area (Å²) < 4.78 is 0. The van der Waals surface area contributed by atoms with Crippen LogP contribution in [0.4, 0.5) is 0 Å². The molecule has 266 valence electrons. The van der Waals surface area contributed by atoms with Crippen molar-refractivity contribution in [2.45, 2.75) is 85.0 Å². The Morgan fingerprint density at radius 2 is 1.24 bits per heavy atom. The van der Waals surface area contributed by atoms with Gasteiger partial charge < -0.3 is 26.4 Å². The molecule has 9 nitrogen and oxygen atoms in total. The second-order valence-electron chi connectivity index (χ2n) is 13.9. The molecule has 4 amide bonds. The Morgan fingerprint density at radius 3 is 1.76 bits per heavy atom. The van der Waals surface area contributed by atoms with Gasteiger partial charge in [0.1, 0.15) is 0 Å². The summed E-state index contributed by atoms with van der Waals surface area (Å²) in [5.41, 5.74) is 1.99. The highest BCUT2D eigenvalue weighted by molar-refractivity contribution is 5.93. The molecule has 4 aromatic carbocycles. The second kappa shape index (κ2) is 18.3. The van der Waals surface area contributed by atoms with Gasteiger partial charge in [-0.25, -0.2) is 0 Å². The molecule has 0 aliphatic rings. The van der Waals surface area contributed by atoms with E-state index in [0.29, 0.717) is 31.7 Å². The number of carbonyl (C=O) groups is 4. The molecule has 0 heterocycles. The van der Waals surface area contributed by atoms with Gasteiger partial charge in [-0.3, -0.25) is 19.2 Å². The number of aliphatic hydroxyl groups is 1. The van der Waals surface area contributed by atoms with Crippen molar-refractivity contribution in [1.82, 2.24) is 21.3 Å². The summed E-state index contributed by atoms with van der Waals surface area (Å²) in [4.78, 5) is 53.0. The van der Waals surface area contributed by atoms with Crippen LogP contribution in [0.5, 0.6) is 0 Å². The smallest absolute Gasteiger partial charge is 0.263 e. The fourth-order valence-electron chi connectivity index (χ4n) is 6.28. The first-order chi connectivity index (χ1) is 23.9. The van der Waals surface area contributed by atoms with Gasteiger partial charge in [0.25, 0.3) is 5.91 Å². The first-order valence-electron chi connectivity index (χ1n) is 17.7. The van der Waals surface area contributed by atoms with Crippen molar-refractivity contribution in [3.63, 3.8) is 0 Å². The van der Waals surface area contributed by atoms with Crippen molar-refractivity contribution >= 4 is 45.2 Å². The highest BCUT2D eigenvalue weighted by atomic mass is 16.3. The van der Waals surface area contributed by atoms with Crippen molar-refractivity contribution < 1.29 is 24.3 Å². The summed E-state index contributed by atoms with van der Waals surface area (Å²) in [6.45, 7) is 9.75. The lowest BCUT2D eigenvalue weighted by Crippen LogP contribution is -2.60. The van der Waals surface area contributed by atoms with E-state index in [9.17, 15) is 24.3 Å². The Labute approximate surface area is 295 Å². The molecule has 9 heteroatoms. The molecule has 0 spiro atoms. The van der Waals surface area contributed by atoms with E-state index in [0.717, 1.165) is 39.1 Å². The van der Waals surface area contributed by atoms with Crippen LogP contribution in [-0.2, 0) is 32.0 Å². The minimum absolute atomic E-state index is 0.0812. The van der Waals surface area contributed by atoms with E-state index < -0.39 is 42.0 Å². The number of aliphatic hydroxyl groups excluding tert-OH is 1. The molecule has 0 saturated carbocycles. The molecule has 50 heavy (non-hydrogen) atoms. The third kappa shape index (κ3) is 10.9. The second-order valence-corrected chi connectivity index (χ2v) is 13.9. The van der Waals surface area contributed by atoms with E-state index in [-0.39, 0.29) is 18.2 Å². The van der Waals surface area contributed by atoms with Crippen molar-refractivity contribution in [1.29, 1.82) is 0 Å². The maximum absolute atomic E-state index is 14.3. The van der Waals surface area contributed by atoms with Gasteiger partial charge in [0, 0.05) is 19.4 Å². The number of nitrogens with one attached hydrogen (secondary N) is 4. The first kappa shape index (κ1) is 38.0. The van der Waals surface area contributed by atoms with Gasteiger partial charge in [-0.2, -0.15) is 0 Å². The average molecular weight is 681 g/mol. The molecule has 4 rings (SSSR count). The Bertz CT molecular complexity index is 1680. The monoisotopic (exact) mass is 680 g/mol. The lowest BCUT2D eigenvalue weighted by molar-refractivity contribution is -0.135. The third-order valence-corrected chi connectivity index (χ3v) is 9.22. The number of benzene rings is 4. The number of carbonyl (C=O) groups excluding carboxylic acids is 4. The van der Waals surface area contributed by atoms with Gasteiger partial charge in [-0.05, 0) is 63.8 Å². The molecule has 5 N–H and O–H groups in total. The van der Waals surface area contributed by atoms with E-state index in [2.05, 4.69) is 21.3 Å². The van der Waals surface area contributed by atoms with Crippen molar-refractivity contribution in [2.24, 2.45) is 17.8 Å². The fourth-order valence-corrected chi connectivity index (χ4v) is 6.28. The minimum atomic E-state index is -1.40. The van der Waals surface area contributed by atoms with Crippen LogP contribution in [0.1, 0.15) is 65.0 Å². The van der Waals surface area contributed by atoms with Crippen molar-refractivity contribution in [3.8, 4) is 0 Å². The Hall–Kier alpha value is -4.76. The fraction of sp³-hybridized carbons (Fsp3) is 0.415. The summed E-state index contributed by atoms with van der Waals surface area (Å²) in [5.74, 6) is -2.10. The lowest BCUT2D eigenvalue weighted by atomic mass is 9.88. The van der Waals surface area contributed by atoms with E-state index in [1.165, 1.54) is 6.92 Å². The zero-order valence-electron chi connectivity index (χ0n) is 29.9. The summed E-state index contributed by atoms with van der Waals surface area (Å²) >= 11 is 0. The molecule has 0 aromatic heterocycles. The summed E-state index contributed by atoms with van der Waals surface area (Å²) in [5, 5.41) is 26.4. The predicted octanol–water partition coefficient (Wildman–Crippen LogP) is 5.42. The lowest BCUT2D eigenvalue weighted by Gasteiger charge is -2.29. The van der Waals surface area contributed by atoms with Gasteiger partial charge in [-0.1, -0.05) is 119 Å². The van der Waals surface area contributed by atoms with Crippen LogP contribution < -0.4 is 21.3 Å². The van der Waals surface area contributed by atoms with Gasteiger partial charge in [0.05, 0.1) is 18.6 Å². The van der Waals surface area contributed by atoms with Gasteiger partial charge in [0.15, 0.2) is 6.17 Å². The molecule has 4 aromatic rings. The van der Waals surface area contributed by atoms with Gasteiger partial charge >= 0.3 is 0 Å². The van der Waals surface area contributed by atoms with E-state index >= 15 is 0 Å². The molecule has 0 aliphatic carbocycles. The largest absolute Gasteiger partial charge is 0.390 e. The molecule has 4 atom stereocenters. The Morgan fingerprint density at radius 1 is 0.700 bits per heavy atom. The minimum Gasteiger partial charge on any atom is -0.390 e. The molecule has 0 aliphatic heterocycles. The number of fused-ring (bicyclic) bond motifs is 2. The third-order valence-electron chi connectivity index (χ3n) is 9.22. The molecule has 0 fully saturated rings. The maximum Gasteiger partial charge on any atom is 0.263 e. The average Bonchev–Trinajstić information content (AvgIpc) is 3.09. The van der Waals surface area contributed by atoms with E-state index in [4.69, 9.17) is 0 Å². The number of rotatable bonds is 17. The number of amides is 4. The van der Waals surface area contributed by atoms with Crippen LogP contribution in [0, 0.1) is 17.8 Å². The predicted molar refractivity (Wildman–Crippen MR) is 199 cm³/mol. The summed E-state index contributed by atoms with van der Waals surface area (Å²) in [7, 11) is 0. The highest BCUT2D eigenvalue weighted by Crippen LogP contribution is 2.26. The summed E-state index contributed by atoms with van der Waals surface area (Å²) in [6, 6.07) is 27.3. The van der Waals surface area contributed by atoms with Crippen LogP contribution in [0.2, 0.25) is 0 Å². The standard InChI is InChI=1S/C41H52N4O5/c1-6-27(4)25-42-38(48)24-37(47)36(21-26(2)3)44-41(50)39(43-28(5)46)45-40(49)33(22-31-17-11-15-29-13-7-9-19-34(29)31)23-32-18-12-16-30-14-8-10-20-35(30)32/h7-20,26-27,33,36-37,39,47H,6,21-25H2,1-5H3,(H,42,48)(H,43,46)(H,44,50)(H,45,49)/t27-,36-,37+,39+/m0/s1. The molecular weight excluding hydrogens is 628 g/mol. The van der Waals surface area contributed by atoms with Crippen LogP contribution in [0.15, 0.2) is 84.9 Å². The zero-order chi connectivity index (χ0) is 36.2. The van der Waals surface area contributed by atoms with Gasteiger partial charge in [0.2, 0.25) is 17.7 Å². The molecule has 0 unspecified atom stereocenters. The quantitative estimate of drug-likeness (QED) is 0.0950. The van der Waals surface area contributed by atoms with E-state index in [1.54, 1.807) is 0 Å². The molecule has 0 bridgehead atoms. The maximum atomic E-state index is 14.3. The Kier molecular flexibility index (Phi) is 13.9. The first-order valence-corrected chi connectivity index (χ1v) is 17.7. The zero-order valence-corrected chi connectivity index (χ0v) is 29.9. The molecular formula is C41H52N4O5. The number of hydrogen-bond donors (Lipinski definition) is 5. The molecule has 0 radical (unpaired) electrons. The molecule has 0 saturated heterocycles. The Balaban J connectivity index is 1.59. The normalized spacial score (nSPS) is 13.8. The van der Waals surface area contributed by atoms with Crippen molar-refractivity contribution in [2.75, 3.05) is 6.54 Å². The topological polar surface area (TPSA) is 137 Å². The van der Waals surface area contributed by atoms with E-state index in [1.807, 2.05) is 113 Å². The van der Waals surface area contributed by atoms with Gasteiger partial charge in [-0.15, -0.1) is 0 Å².